The van der Waals surface area contributed by atoms with Gasteiger partial charge in [0.15, 0.2) is 0 Å². The summed E-state index contributed by atoms with van der Waals surface area (Å²) in [4.78, 5) is 17.6. The van der Waals surface area contributed by atoms with E-state index in [2.05, 4.69) is 15.3 Å². The molecule has 0 aliphatic carbocycles. The van der Waals surface area contributed by atoms with Crippen LogP contribution in [0.2, 0.25) is 0 Å². The van der Waals surface area contributed by atoms with Gasteiger partial charge >= 0.3 is 6.18 Å². The van der Waals surface area contributed by atoms with Crippen molar-refractivity contribution >= 4 is 17.5 Å². The minimum Gasteiger partial charge on any atom is -0.368 e. The van der Waals surface area contributed by atoms with Crippen LogP contribution >= 0.6 is 0 Å². The third-order valence-corrected chi connectivity index (χ3v) is 2.18. The molecule has 6 N–H and O–H groups in total. The number of nitrogens with zero attached hydrogens (tertiary/aromatic N) is 2. The van der Waals surface area contributed by atoms with E-state index in [1.54, 1.807) is 0 Å². The van der Waals surface area contributed by atoms with Crippen LogP contribution in [0.4, 0.5) is 24.8 Å². The summed E-state index contributed by atoms with van der Waals surface area (Å²) in [5, 5.41) is 2.48. The molecule has 0 aromatic carbocycles. The number of rotatable bonds is 4. The molecule has 0 atom stereocenters. The second kappa shape index (κ2) is 4.88. The number of alkyl halides is 3. The molecule has 0 fully saturated rings. The van der Waals surface area contributed by atoms with Crippen LogP contribution in [0.3, 0.4) is 0 Å². The largest absolute Gasteiger partial charge is 0.451 e. The molecular weight excluding hydrogens is 265 g/mol. The average Bonchev–Trinajstić information content (AvgIpc) is 2.26. The van der Waals surface area contributed by atoms with E-state index in [0.29, 0.717) is 0 Å². The van der Waals surface area contributed by atoms with Crippen molar-refractivity contribution in [3.05, 3.63) is 11.9 Å². The zero-order chi connectivity index (χ0) is 14.8. The molecule has 0 radical (unpaired) electrons. The van der Waals surface area contributed by atoms with Crippen LogP contribution in [0, 0.1) is 0 Å². The van der Waals surface area contributed by atoms with Crippen molar-refractivity contribution in [2.75, 3.05) is 10.7 Å². The molecule has 10 heteroatoms. The summed E-state index contributed by atoms with van der Waals surface area (Å²) in [6, 6.07) is 1.12. The van der Waals surface area contributed by atoms with Crippen LogP contribution in [0.15, 0.2) is 6.07 Å². The second-order valence-electron chi connectivity index (χ2n) is 4.22. The van der Waals surface area contributed by atoms with E-state index in [0.717, 1.165) is 6.07 Å². The van der Waals surface area contributed by atoms with Gasteiger partial charge in [0, 0.05) is 6.07 Å². The van der Waals surface area contributed by atoms with E-state index >= 15 is 0 Å². The third kappa shape index (κ3) is 3.68. The number of nitrogens with two attached hydrogens (primary N) is 2. The van der Waals surface area contributed by atoms with Gasteiger partial charge in [-0.05, 0) is 13.8 Å². The fourth-order valence-electron chi connectivity index (χ4n) is 1.09. The first-order chi connectivity index (χ1) is 8.56. The third-order valence-electron chi connectivity index (χ3n) is 2.18. The number of primary amides is 1. The van der Waals surface area contributed by atoms with Crippen LogP contribution in [0.1, 0.15) is 19.7 Å². The number of nitrogens with one attached hydrogen (secondary N) is 2. The Bertz CT molecular complexity index is 487. The molecule has 1 aromatic heterocycles. The minimum absolute atomic E-state index is 0.223. The van der Waals surface area contributed by atoms with Gasteiger partial charge in [-0.15, -0.1) is 0 Å². The van der Waals surface area contributed by atoms with Gasteiger partial charge in [-0.2, -0.15) is 13.2 Å². The van der Waals surface area contributed by atoms with E-state index in [1.807, 2.05) is 5.43 Å². The number of anilines is 2. The van der Waals surface area contributed by atoms with E-state index < -0.39 is 23.4 Å². The molecule has 1 heterocycles. The summed E-state index contributed by atoms with van der Waals surface area (Å²) in [5.41, 5.74) is 5.82. The molecule has 1 amide bonds. The Morgan fingerprint density at radius 3 is 2.21 bits per heavy atom. The molecule has 0 saturated heterocycles. The number of aromatic nitrogens is 2. The van der Waals surface area contributed by atoms with Crippen LogP contribution in [0.5, 0.6) is 0 Å². The number of hydrogen-bond acceptors (Lipinski definition) is 6. The smallest absolute Gasteiger partial charge is 0.368 e. The van der Waals surface area contributed by atoms with Crippen molar-refractivity contribution in [3.63, 3.8) is 0 Å². The Balaban J connectivity index is 3.18. The molecule has 106 valence electrons. The summed E-state index contributed by atoms with van der Waals surface area (Å²) >= 11 is 0. The lowest BCUT2D eigenvalue weighted by atomic mass is 10.1. The summed E-state index contributed by atoms with van der Waals surface area (Å²) in [7, 11) is 0. The lowest BCUT2D eigenvalue weighted by molar-refractivity contribution is -0.144. The first kappa shape index (κ1) is 15.0. The van der Waals surface area contributed by atoms with E-state index in [9.17, 15) is 18.0 Å². The fourth-order valence-corrected chi connectivity index (χ4v) is 1.09. The summed E-state index contributed by atoms with van der Waals surface area (Å²) in [6.07, 6.45) is -4.74. The average molecular weight is 278 g/mol. The molecule has 1 rings (SSSR count). The van der Waals surface area contributed by atoms with Gasteiger partial charge in [-0.3, -0.25) is 4.79 Å². The van der Waals surface area contributed by atoms with Gasteiger partial charge in [-0.25, -0.2) is 15.8 Å². The fraction of sp³-hybridized carbons (Fsp3) is 0.444. The highest BCUT2D eigenvalue weighted by atomic mass is 19.4. The molecule has 0 bridgehead atoms. The highest BCUT2D eigenvalue weighted by Gasteiger charge is 2.36. The molecule has 0 saturated carbocycles. The molecule has 0 unspecified atom stereocenters. The van der Waals surface area contributed by atoms with E-state index in [-0.39, 0.29) is 11.6 Å². The number of carbonyl (C=O) groups is 1. The van der Waals surface area contributed by atoms with Gasteiger partial charge in [0.25, 0.3) is 0 Å². The van der Waals surface area contributed by atoms with Crippen LogP contribution in [-0.4, -0.2) is 21.4 Å². The van der Waals surface area contributed by atoms with E-state index in [1.165, 1.54) is 13.8 Å². The first-order valence-electron chi connectivity index (χ1n) is 5.07. The maximum atomic E-state index is 12.6. The molecule has 1 aromatic rings. The van der Waals surface area contributed by atoms with Crippen molar-refractivity contribution in [2.45, 2.75) is 25.6 Å². The summed E-state index contributed by atoms with van der Waals surface area (Å²) in [5.74, 6) is 2.43. The first-order valence-corrected chi connectivity index (χ1v) is 5.07. The lowest BCUT2D eigenvalue weighted by Gasteiger charge is -2.23. The SMILES string of the molecule is CC(C)(Nc1cc(NN)nc(C(F)(F)F)n1)C(N)=O. The second-order valence-corrected chi connectivity index (χ2v) is 4.22. The number of carbonyl (C=O) groups excluding carboxylic acids is 1. The predicted molar refractivity (Wildman–Crippen MR) is 61.7 cm³/mol. The maximum Gasteiger partial charge on any atom is 0.451 e. The molecule has 7 nitrogen and oxygen atoms in total. The van der Waals surface area contributed by atoms with Crippen molar-refractivity contribution in [3.8, 4) is 0 Å². The highest BCUT2D eigenvalue weighted by molar-refractivity contribution is 5.86. The molecule has 0 aliphatic rings. The quantitative estimate of drug-likeness (QED) is 0.469. The Labute approximate surface area is 106 Å². The van der Waals surface area contributed by atoms with Gasteiger partial charge in [0.2, 0.25) is 11.7 Å². The zero-order valence-corrected chi connectivity index (χ0v) is 10.2. The summed E-state index contributed by atoms with van der Waals surface area (Å²) in [6.45, 7) is 2.81. The highest BCUT2D eigenvalue weighted by Crippen LogP contribution is 2.28. The van der Waals surface area contributed by atoms with Crippen molar-refractivity contribution in [2.24, 2.45) is 11.6 Å². The topological polar surface area (TPSA) is 119 Å². The number of hydrazine groups is 1. The number of halogens is 3. The number of amides is 1. The molecule has 0 spiro atoms. The normalized spacial score (nSPS) is 12.1. The summed E-state index contributed by atoms with van der Waals surface area (Å²) < 4.78 is 37.7. The number of hydrogen-bond donors (Lipinski definition) is 4. The van der Waals surface area contributed by atoms with Gasteiger partial charge in [0.05, 0.1) is 0 Å². The Hall–Kier alpha value is -2.10. The van der Waals surface area contributed by atoms with Crippen molar-refractivity contribution in [1.29, 1.82) is 0 Å². The van der Waals surface area contributed by atoms with Crippen molar-refractivity contribution < 1.29 is 18.0 Å². The maximum absolute atomic E-state index is 12.6. The monoisotopic (exact) mass is 278 g/mol. The van der Waals surface area contributed by atoms with Gasteiger partial charge in [-0.1, -0.05) is 0 Å². The molecular formula is C9H13F3N6O. The van der Waals surface area contributed by atoms with Crippen LogP contribution in [0.25, 0.3) is 0 Å². The molecule has 19 heavy (non-hydrogen) atoms. The van der Waals surface area contributed by atoms with Crippen LogP contribution in [-0.2, 0) is 11.0 Å². The lowest BCUT2D eigenvalue weighted by Crippen LogP contribution is -2.45. The standard InChI is InChI=1S/C9H13F3N6O/c1-8(2,6(13)19)17-4-3-5(18-14)16-7(15-4)9(10,11)12/h3H,14H2,1-2H3,(H2,13,19)(H2,15,16,17,18). The Morgan fingerprint density at radius 2 is 1.79 bits per heavy atom. The predicted octanol–water partition coefficient (Wildman–Crippen LogP) is 0.457. The Morgan fingerprint density at radius 1 is 1.26 bits per heavy atom. The van der Waals surface area contributed by atoms with Gasteiger partial charge in [0.1, 0.15) is 17.2 Å². The molecule has 0 aliphatic heterocycles. The minimum atomic E-state index is -4.74. The zero-order valence-electron chi connectivity index (χ0n) is 10.2. The van der Waals surface area contributed by atoms with Crippen LogP contribution < -0.4 is 22.3 Å². The Kier molecular flexibility index (Phi) is 3.84. The van der Waals surface area contributed by atoms with Gasteiger partial charge < -0.3 is 16.5 Å². The van der Waals surface area contributed by atoms with E-state index in [4.69, 9.17) is 11.6 Å². The number of nitrogen functional groups attached to an aromatic ring is 1. The van der Waals surface area contributed by atoms with Crippen molar-refractivity contribution in [1.82, 2.24) is 9.97 Å².